The average Bonchev–Trinajstić information content (AvgIpc) is 2.89. The molecule has 2 aliphatic heterocycles. The van der Waals surface area contributed by atoms with E-state index in [0.717, 1.165) is 56.9 Å². The Morgan fingerprint density at radius 3 is 2.67 bits per heavy atom. The lowest BCUT2D eigenvalue weighted by Crippen LogP contribution is -2.54. The van der Waals surface area contributed by atoms with Gasteiger partial charge in [0.2, 0.25) is 0 Å². The van der Waals surface area contributed by atoms with Crippen molar-refractivity contribution in [2.24, 2.45) is 5.92 Å². The fraction of sp³-hybridized carbons (Fsp3) is 0.607. The standard InChI is InChI=1S/C28H39N5O3/c1-19-26(28(34)33-11-8-23(9-12-33)32-24-10-13-36-17-25(24)35-2)30-18-31-27(19)29-16-20-14-22(15-20)21-6-4-3-5-7-21/h3-7,18,20,22-25,32H,8-17H2,1-2H3,(H,29,30,31)/t20-,22+,24-,25+/m0/s1. The van der Waals surface area contributed by atoms with Crippen molar-refractivity contribution in [1.82, 2.24) is 20.2 Å². The Balaban J connectivity index is 1.11. The van der Waals surface area contributed by atoms with E-state index in [1.54, 1.807) is 7.11 Å². The number of hydrogen-bond donors (Lipinski definition) is 2. The van der Waals surface area contributed by atoms with Crippen LogP contribution >= 0.6 is 0 Å². The van der Waals surface area contributed by atoms with Gasteiger partial charge < -0.3 is 25.0 Å². The SMILES string of the molecule is CO[C@@H]1COCC[C@@H]1NC1CCN(C(=O)c2ncnc(NC[C@H]3C[C@@H](c4ccccc4)C3)c2C)CC1. The molecule has 2 aromatic rings. The van der Waals surface area contributed by atoms with Gasteiger partial charge in [0.25, 0.3) is 5.91 Å². The summed E-state index contributed by atoms with van der Waals surface area (Å²) in [6, 6.07) is 11.5. The molecule has 2 saturated heterocycles. The summed E-state index contributed by atoms with van der Waals surface area (Å²) in [5.41, 5.74) is 2.79. The summed E-state index contributed by atoms with van der Waals surface area (Å²) in [7, 11) is 1.75. The predicted octanol–water partition coefficient (Wildman–Crippen LogP) is 3.39. The number of nitrogens with zero attached hydrogens (tertiary/aromatic N) is 3. The summed E-state index contributed by atoms with van der Waals surface area (Å²) in [4.78, 5) is 24.1. The highest BCUT2D eigenvalue weighted by atomic mass is 16.5. The summed E-state index contributed by atoms with van der Waals surface area (Å²) in [5.74, 6) is 2.07. The number of piperidine rings is 1. The number of amides is 1. The lowest BCUT2D eigenvalue weighted by molar-refractivity contribution is -0.0533. The number of hydrogen-bond acceptors (Lipinski definition) is 7. The maximum absolute atomic E-state index is 13.3. The number of rotatable bonds is 8. The lowest BCUT2D eigenvalue weighted by Gasteiger charge is -2.38. The van der Waals surface area contributed by atoms with Crippen LogP contribution in [0, 0.1) is 12.8 Å². The maximum atomic E-state index is 13.3. The molecule has 2 atom stereocenters. The van der Waals surface area contributed by atoms with Crippen LogP contribution in [0.25, 0.3) is 0 Å². The van der Waals surface area contributed by atoms with Crippen molar-refractivity contribution in [1.29, 1.82) is 0 Å². The van der Waals surface area contributed by atoms with Gasteiger partial charge in [0, 0.05) is 51.0 Å². The van der Waals surface area contributed by atoms with Crippen LogP contribution in [0.5, 0.6) is 0 Å². The molecular weight excluding hydrogens is 454 g/mol. The highest BCUT2D eigenvalue weighted by molar-refractivity contribution is 5.94. The zero-order valence-electron chi connectivity index (χ0n) is 21.5. The average molecular weight is 494 g/mol. The van der Waals surface area contributed by atoms with Crippen LogP contribution in [0.3, 0.4) is 0 Å². The van der Waals surface area contributed by atoms with Crippen LogP contribution in [-0.2, 0) is 9.47 Å². The molecule has 1 aromatic heterocycles. The molecule has 0 radical (unpaired) electrons. The Hall–Kier alpha value is -2.55. The molecular formula is C28H39N5O3. The molecule has 5 rings (SSSR count). The molecule has 194 valence electrons. The number of methoxy groups -OCH3 is 1. The Labute approximate surface area is 214 Å². The number of nitrogens with one attached hydrogen (secondary N) is 2. The number of benzene rings is 1. The third-order valence-electron chi connectivity index (χ3n) is 8.19. The molecule has 36 heavy (non-hydrogen) atoms. The first-order valence-electron chi connectivity index (χ1n) is 13.4. The number of carbonyl (C=O) groups excluding carboxylic acids is 1. The molecule has 0 bridgehead atoms. The third-order valence-corrected chi connectivity index (χ3v) is 8.19. The molecule has 0 spiro atoms. The molecule has 1 aliphatic carbocycles. The van der Waals surface area contributed by atoms with E-state index in [2.05, 4.69) is 50.9 Å². The fourth-order valence-corrected chi connectivity index (χ4v) is 5.82. The van der Waals surface area contributed by atoms with Gasteiger partial charge in [-0.15, -0.1) is 0 Å². The van der Waals surface area contributed by atoms with Crippen LogP contribution in [0.15, 0.2) is 36.7 Å². The molecule has 8 heteroatoms. The van der Waals surface area contributed by atoms with Crippen molar-refractivity contribution < 1.29 is 14.3 Å². The summed E-state index contributed by atoms with van der Waals surface area (Å²) < 4.78 is 11.1. The van der Waals surface area contributed by atoms with Gasteiger partial charge in [0.05, 0.1) is 12.7 Å². The number of carbonyl (C=O) groups is 1. The first-order chi connectivity index (χ1) is 17.6. The van der Waals surface area contributed by atoms with Crippen molar-refractivity contribution in [2.75, 3.05) is 45.3 Å². The van der Waals surface area contributed by atoms with Crippen LogP contribution in [0.1, 0.15) is 59.6 Å². The normalized spacial score (nSPS) is 26.9. The molecule has 3 heterocycles. The molecule has 3 aliphatic rings. The van der Waals surface area contributed by atoms with E-state index in [0.29, 0.717) is 36.2 Å². The number of ether oxygens (including phenoxy) is 2. The summed E-state index contributed by atoms with van der Waals surface area (Å²) in [6.07, 6.45) is 6.81. The molecule has 8 nitrogen and oxygen atoms in total. The highest BCUT2D eigenvalue weighted by Crippen LogP contribution is 2.41. The number of likely N-dealkylation sites (tertiary alicyclic amines) is 1. The van der Waals surface area contributed by atoms with Crippen LogP contribution in [0.4, 0.5) is 5.82 Å². The number of anilines is 1. The highest BCUT2D eigenvalue weighted by Gasteiger charge is 2.32. The molecule has 1 amide bonds. The van der Waals surface area contributed by atoms with E-state index in [4.69, 9.17) is 9.47 Å². The van der Waals surface area contributed by atoms with Gasteiger partial charge in [-0.3, -0.25) is 4.79 Å². The maximum Gasteiger partial charge on any atom is 0.272 e. The first-order valence-corrected chi connectivity index (χ1v) is 13.4. The van der Waals surface area contributed by atoms with Gasteiger partial charge in [0.1, 0.15) is 17.8 Å². The smallest absolute Gasteiger partial charge is 0.272 e. The Bertz CT molecular complexity index is 1010. The quantitative estimate of drug-likeness (QED) is 0.583. The summed E-state index contributed by atoms with van der Waals surface area (Å²) in [6.45, 7) is 5.70. The van der Waals surface area contributed by atoms with Crippen molar-refractivity contribution in [2.45, 2.75) is 63.1 Å². The monoisotopic (exact) mass is 493 g/mol. The van der Waals surface area contributed by atoms with Crippen molar-refractivity contribution >= 4 is 11.7 Å². The Morgan fingerprint density at radius 1 is 1.14 bits per heavy atom. The van der Waals surface area contributed by atoms with Gasteiger partial charge in [0.15, 0.2) is 0 Å². The fourth-order valence-electron chi connectivity index (χ4n) is 5.82. The van der Waals surface area contributed by atoms with Gasteiger partial charge >= 0.3 is 0 Å². The summed E-state index contributed by atoms with van der Waals surface area (Å²) in [5, 5.41) is 7.25. The van der Waals surface area contributed by atoms with Crippen molar-refractivity contribution in [3.8, 4) is 0 Å². The molecule has 1 saturated carbocycles. The molecule has 2 N–H and O–H groups in total. The summed E-state index contributed by atoms with van der Waals surface area (Å²) >= 11 is 0. The Morgan fingerprint density at radius 2 is 1.92 bits per heavy atom. The van der Waals surface area contributed by atoms with E-state index < -0.39 is 0 Å². The predicted molar refractivity (Wildman–Crippen MR) is 139 cm³/mol. The second kappa shape index (κ2) is 11.7. The van der Waals surface area contributed by atoms with Crippen molar-refractivity contribution in [3.63, 3.8) is 0 Å². The molecule has 3 fully saturated rings. The van der Waals surface area contributed by atoms with Crippen LogP contribution < -0.4 is 10.6 Å². The van der Waals surface area contributed by atoms with Gasteiger partial charge in [-0.25, -0.2) is 9.97 Å². The largest absolute Gasteiger partial charge is 0.379 e. The number of aromatic nitrogens is 2. The second-order valence-corrected chi connectivity index (χ2v) is 10.5. The van der Waals surface area contributed by atoms with Crippen LogP contribution in [-0.4, -0.2) is 78.9 Å². The third kappa shape index (κ3) is 5.71. The van der Waals surface area contributed by atoms with E-state index in [1.807, 2.05) is 11.8 Å². The minimum atomic E-state index is 0.00465. The minimum absolute atomic E-state index is 0.00465. The zero-order valence-corrected chi connectivity index (χ0v) is 21.5. The van der Waals surface area contributed by atoms with Gasteiger partial charge in [-0.05, 0) is 56.4 Å². The second-order valence-electron chi connectivity index (χ2n) is 10.5. The first kappa shape index (κ1) is 25.1. The zero-order chi connectivity index (χ0) is 24.9. The van der Waals surface area contributed by atoms with Gasteiger partial charge in [-0.2, -0.15) is 0 Å². The van der Waals surface area contributed by atoms with Crippen LogP contribution in [0.2, 0.25) is 0 Å². The van der Waals surface area contributed by atoms with E-state index in [1.165, 1.54) is 24.7 Å². The molecule has 0 unspecified atom stereocenters. The minimum Gasteiger partial charge on any atom is -0.379 e. The van der Waals surface area contributed by atoms with E-state index in [9.17, 15) is 4.79 Å². The topological polar surface area (TPSA) is 88.6 Å². The Kier molecular flexibility index (Phi) is 8.14. The van der Waals surface area contributed by atoms with E-state index >= 15 is 0 Å². The molecule has 1 aromatic carbocycles. The van der Waals surface area contributed by atoms with Crippen molar-refractivity contribution in [3.05, 3.63) is 53.5 Å². The van der Waals surface area contributed by atoms with Gasteiger partial charge in [-0.1, -0.05) is 30.3 Å². The van der Waals surface area contributed by atoms with E-state index in [-0.39, 0.29) is 12.0 Å². The lowest BCUT2D eigenvalue weighted by atomic mass is 9.71.